The van der Waals surface area contributed by atoms with E-state index in [0.29, 0.717) is 18.5 Å². The molecule has 11 heteroatoms. The summed E-state index contributed by atoms with van der Waals surface area (Å²) >= 11 is 0. The van der Waals surface area contributed by atoms with E-state index in [1.165, 1.54) is 12.5 Å². The summed E-state index contributed by atoms with van der Waals surface area (Å²) in [5.74, 6) is -2.66. The normalized spacial score (nSPS) is 18.5. The average Bonchev–Trinajstić information content (AvgIpc) is 3.44. The molecule has 11 nitrogen and oxygen atoms in total. The highest BCUT2D eigenvalue weighted by atomic mass is 16.4. The van der Waals surface area contributed by atoms with Crippen molar-refractivity contribution in [2.75, 3.05) is 6.54 Å². The van der Waals surface area contributed by atoms with Crippen LogP contribution >= 0.6 is 0 Å². The Balaban J connectivity index is 2.06. The Bertz CT molecular complexity index is 804. The maximum Gasteiger partial charge on any atom is 0.326 e. The molecule has 3 amide bonds. The SMILES string of the molecule is CC(C)CC(NC(=O)C1CCCN1)C(=O)NC(C(=O)NC(Cc1cnc[nH]1)C(=O)O)C(C)C. The number of aromatic nitrogens is 2. The summed E-state index contributed by atoms with van der Waals surface area (Å²) in [6.07, 6.45) is 4.97. The van der Waals surface area contributed by atoms with Crippen molar-refractivity contribution in [3.63, 3.8) is 0 Å². The maximum absolute atomic E-state index is 13.1. The molecule has 1 aliphatic rings. The molecular formula is C22H36N6O5. The molecule has 2 rings (SSSR count). The van der Waals surface area contributed by atoms with Crippen molar-refractivity contribution in [1.82, 2.24) is 31.2 Å². The molecule has 0 aromatic carbocycles. The Morgan fingerprint density at radius 2 is 1.82 bits per heavy atom. The van der Waals surface area contributed by atoms with Crippen LogP contribution in [0.15, 0.2) is 12.5 Å². The maximum atomic E-state index is 13.1. The Hall–Kier alpha value is -2.95. The van der Waals surface area contributed by atoms with Crippen LogP contribution in [0.2, 0.25) is 0 Å². The van der Waals surface area contributed by atoms with Gasteiger partial charge in [0.2, 0.25) is 17.7 Å². The van der Waals surface area contributed by atoms with Gasteiger partial charge in [-0.05, 0) is 37.6 Å². The minimum Gasteiger partial charge on any atom is -0.480 e. The van der Waals surface area contributed by atoms with Crippen LogP contribution in [-0.4, -0.2) is 69.5 Å². The largest absolute Gasteiger partial charge is 0.480 e. The van der Waals surface area contributed by atoms with E-state index in [0.717, 1.165) is 13.0 Å². The second-order valence-corrected chi connectivity index (χ2v) is 9.25. The molecule has 0 saturated carbocycles. The number of hydrogen-bond donors (Lipinski definition) is 6. The number of imidazole rings is 1. The van der Waals surface area contributed by atoms with Gasteiger partial charge in [-0.2, -0.15) is 0 Å². The Kier molecular flexibility index (Phi) is 9.83. The van der Waals surface area contributed by atoms with E-state index >= 15 is 0 Å². The molecule has 4 unspecified atom stereocenters. The number of hydrogen-bond acceptors (Lipinski definition) is 6. The lowest BCUT2D eigenvalue weighted by atomic mass is 9.99. The van der Waals surface area contributed by atoms with Gasteiger partial charge in [-0.3, -0.25) is 14.4 Å². The van der Waals surface area contributed by atoms with Crippen molar-refractivity contribution < 1.29 is 24.3 Å². The van der Waals surface area contributed by atoms with Crippen LogP contribution in [0.1, 0.15) is 52.7 Å². The average molecular weight is 465 g/mol. The fraction of sp³-hybridized carbons (Fsp3) is 0.682. The van der Waals surface area contributed by atoms with E-state index in [1.807, 2.05) is 13.8 Å². The zero-order chi connectivity index (χ0) is 24.5. The van der Waals surface area contributed by atoms with E-state index in [-0.39, 0.29) is 30.2 Å². The van der Waals surface area contributed by atoms with Gasteiger partial charge >= 0.3 is 5.97 Å². The highest BCUT2D eigenvalue weighted by Crippen LogP contribution is 2.11. The van der Waals surface area contributed by atoms with Crippen molar-refractivity contribution in [2.45, 2.75) is 77.5 Å². The molecule has 2 heterocycles. The molecule has 184 valence electrons. The number of amides is 3. The molecule has 0 bridgehead atoms. The van der Waals surface area contributed by atoms with Crippen LogP contribution in [-0.2, 0) is 25.6 Å². The predicted octanol–water partition coefficient (Wildman–Crippen LogP) is -0.0547. The summed E-state index contributed by atoms with van der Waals surface area (Å²) in [4.78, 5) is 56.9. The van der Waals surface area contributed by atoms with Crippen LogP contribution in [0.4, 0.5) is 0 Å². The van der Waals surface area contributed by atoms with Crippen molar-refractivity contribution in [1.29, 1.82) is 0 Å². The number of carbonyl (C=O) groups excluding carboxylic acids is 3. The van der Waals surface area contributed by atoms with Crippen LogP contribution in [0.25, 0.3) is 0 Å². The summed E-state index contributed by atoms with van der Waals surface area (Å²) in [5.41, 5.74) is 0.563. The number of carboxylic acid groups (broad SMARTS) is 1. The van der Waals surface area contributed by atoms with Gasteiger partial charge in [0.1, 0.15) is 18.1 Å². The minimum atomic E-state index is -1.19. The molecule has 6 N–H and O–H groups in total. The molecule has 1 aromatic rings. The van der Waals surface area contributed by atoms with Crippen molar-refractivity contribution in [2.24, 2.45) is 11.8 Å². The predicted molar refractivity (Wildman–Crippen MR) is 121 cm³/mol. The van der Waals surface area contributed by atoms with Gasteiger partial charge in [-0.15, -0.1) is 0 Å². The third kappa shape index (κ3) is 8.16. The lowest BCUT2D eigenvalue weighted by Crippen LogP contribution is -2.58. The van der Waals surface area contributed by atoms with Gasteiger partial charge in [0.05, 0.1) is 12.4 Å². The van der Waals surface area contributed by atoms with Gasteiger partial charge in [0.25, 0.3) is 0 Å². The van der Waals surface area contributed by atoms with Gasteiger partial charge in [-0.25, -0.2) is 9.78 Å². The number of nitrogens with one attached hydrogen (secondary N) is 5. The quantitative estimate of drug-likeness (QED) is 0.252. The summed E-state index contributed by atoms with van der Waals surface area (Å²) < 4.78 is 0. The molecular weight excluding hydrogens is 428 g/mol. The fourth-order valence-electron chi connectivity index (χ4n) is 3.75. The van der Waals surface area contributed by atoms with Crippen LogP contribution in [0, 0.1) is 11.8 Å². The van der Waals surface area contributed by atoms with Gasteiger partial charge in [-0.1, -0.05) is 27.7 Å². The minimum absolute atomic E-state index is 0.0280. The van der Waals surface area contributed by atoms with E-state index in [4.69, 9.17) is 0 Å². The number of carboxylic acids is 1. The number of nitrogens with zero attached hydrogens (tertiary/aromatic N) is 1. The summed E-state index contributed by atoms with van der Waals surface area (Å²) in [6, 6.07) is -3.27. The van der Waals surface area contributed by atoms with E-state index in [1.54, 1.807) is 13.8 Å². The first kappa shape index (κ1) is 26.3. The lowest BCUT2D eigenvalue weighted by molar-refractivity contribution is -0.142. The molecule has 1 saturated heterocycles. The lowest BCUT2D eigenvalue weighted by Gasteiger charge is -2.27. The van der Waals surface area contributed by atoms with E-state index < -0.39 is 35.9 Å². The third-order valence-corrected chi connectivity index (χ3v) is 5.56. The molecule has 4 atom stereocenters. The first-order valence-electron chi connectivity index (χ1n) is 11.4. The Labute approximate surface area is 193 Å². The number of rotatable bonds is 12. The van der Waals surface area contributed by atoms with Gasteiger partial charge in [0, 0.05) is 18.3 Å². The molecule has 1 aliphatic heterocycles. The highest BCUT2D eigenvalue weighted by molar-refractivity contribution is 5.94. The monoisotopic (exact) mass is 464 g/mol. The number of H-pyrrole nitrogens is 1. The van der Waals surface area contributed by atoms with Crippen molar-refractivity contribution >= 4 is 23.7 Å². The standard InChI is InChI=1S/C22H36N6O5/c1-12(2)8-16(26-19(29)15-6-5-7-24-15)20(30)28-18(13(3)4)21(31)27-17(22(32)33)9-14-10-23-11-25-14/h10-13,15-18,24H,5-9H2,1-4H3,(H,23,25)(H,26,29)(H,27,31)(H,28,30)(H,32,33). The second-order valence-electron chi connectivity index (χ2n) is 9.25. The Morgan fingerprint density at radius 3 is 2.33 bits per heavy atom. The van der Waals surface area contributed by atoms with E-state index in [2.05, 4.69) is 31.2 Å². The molecule has 1 aromatic heterocycles. The fourth-order valence-corrected chi connectivity index (χ4v) is 3.75. The zero-order valence-electron chi connectivity index (χ0n) is 19.7. The molecule has 0 spiro atoms. The van der Waals surface area contributed by atoms with Crippen molar-refractivity contribution in [3.8, 4) is 0 Å². The molecule has 0 aliphatic carbocycles. The third-order valence-electron chi connectivity index (χ3n) is 5.56. The summed E-state index contributed by atoms with van der Waals surface area (Å²) in [6.45, 7) is 8.17. The van der Waals surface area contributed by atoms with Crippen LogP contribution in [0.5, 0.6) is 0 Å². The highest BCUT2D eigenvalue weighted by Gasteiger charge is 2.33. The number of aromatic amines is 1. The van der Waals surface area contributed by atoms with Gasteiger partial charge in [0.15, 0.2) is 0 Å². The summed E-state index contributed by atoms with van der Waals surface area (Å²) in [5, 5.41) is 20.7. The van der Waals surface area contributed by atoms with Gasteiger partial charge < -0.3 is 31.4 Å². The topological polar surface area (TPSA) is 165 Å². The second kappa shape index (κ2) is 12.3. The smallest absolute Gasteiger partial charge is 0.326 e. The van der Waals surface area contributed by atoms with Crippen molar-refractivity contribution in [3.05, 3.63) is 18.2 Å². The number of aliphatic carboxylic acids is 1. The first-order valence-corrected chi connectivity index (χ1v) is 11.4. The summed E-state index contributed by atoms with van der Waals surface area (Å²) in [7, 11) is 0. The van der Waals surface area contributed by atoms with Crippen LogP contribution < -0.4 is 21.3 Å². The Morgan fingerprint density at radius 1 is 1.09 bits per heavy atom. The zero-order valence-corrected chi connectivity index (χ0v) is 19.7. The van der Waals surface area contributed by atoms with E-state index in [9.17, 15) is 24.3 Å². The van der Waals surface area contributed by atoms with Crippen LogP contribution in [0.3, 0.4) is 0 Å². The molecule has 1 fully saturated rings. The first-order chi connectivity index (χ1) is 15.6. The number of carbonyl (C=O) groups is 4. The molecule has 0 radical (unpaired) electrons. The molecule has 33 heavy (non-hydrogen) atoms.